The van der Waals surface area contributed by atoms with Gasteiger partial charge in [-0.2, -0.15) is 0 Å². The molecule has 0 spiro atoms. The second-order valence-electron chi connectivity index (χ2n) is 7.12. The van der Waals surface area contributed by atoms with E-state index in [-0.39, 0.29) is 29.4 Å². The van der Waals surface area contributed by atoms with E-state index in [1.54, 1.807) is 11.3 Å². The Morgan fingerprint density at radius 1 is 1.50 bits per heavy atom. The van der Waals surface area contributed by atoms with E-state index in [2.05, 4.69) is 41.8 Å². The van der Waals surface area contributed by atoms with Crippen molar-refractivity contribution in [3.8, 4) is 0 Å². The first-order valence-electron chi connectivity index (χ1n) is 8.60. The highest BCUT2D eigenvalue weighted by Crippen LogP contribution is 2.51. The van der Waals surface area contributed by atoms with Crippen LogP contribution in [-0.4, -0.2) is 36.2 Å². The number of aliphatic imine (C=N–C) groups is 1. The minimum Gasteiger partial charge on any atom is -0.377 e. The van der Waals surface area contributed by atoms with E-state index in [1.807, 2.05) is 6.92 Å². The molecule has 136 valence electrons. The molecule has 24 heavy (non-hydrogen) atoms. The smallest absolute Gasteiger partial charge is 0.191 e. The zero-order valence-corrected chi connectivity index (χ0v) is 18.1. The molecule has 3 atom stereocenters. The molecule has 2 fully saturated rings. The van der Waals surface area contributed by atoms with Crippen LogP contribution in [-0.2, 0) is 11.3 Å². The number of hydrogen-bond acceptors (Lipinski definition) is 4. The maximum atomic E-state index is 5.99. The molecule has 7 heteroatoms. The second kappa shape index (κ2) is 8.31. The van der Waals surface area contributed by atoms with Crippen LogP contribution in [0.3, 0.4) is 0 Å². The SMILES string of the molecule is CCNC(=NCc1nc(C)cs1)NC1C2CCCOC2C1(C)C.I. The van der Waals surface area contributed by atoms with Gasteiger partial charge in [0.1, 0.15) is 5.01 Å². The molecule has 1 saturated heterocycles. The van der Waals surface area contributed by atoms with Gasteiger partial charge in [-0.3, -0.25) is 0 Å². The molecular weight excluding hydrogens is 435 g/mol. The summed E-state index contributed by atoms with van der Waals surface area (Å²) in [5.74, 6) is 1.49. The van der Waals surface area contributed by atoms with E-state index in [0.717, 1.165) is 29.8 Å². The van der Waals surface area contributed by atoms with E-state index in [4.69, 9.17) is 9.73 Å². The molecule has 0 bridgehead atoms. The predicted octanol–water partition coefficient (Wildman–Crippen LogP) is 3.33. The summed E-state index contributed by atoms with van der Waals surface area (Å²) in [6.45, 7) is 11.1. The molecule has 2 heterocycles. The Hall–Kier alpha value is -0.410. The lowest BCUT2D eigenvalue weighted by Gasteiger charge is -2.60. The monoisotopic (exact) mass is 464 g/mol. The minimum absolute atomic E-state index is 0. The van der Waals surface area contributed by atoms with Gasteiger partial charge in [0, 0.05) is 41.6 Å². The van der Waals surface area contributed by atoms with Crippen LogP contribution < -0.4 is 10.6 Å². The summed E-state index contributed by atoms with van der Waals surface area (Å²) in [4.78, 5) is 9.21. The molecule has 0 amide bonds. The molecule has 2 aliphatic rings. The largest absolute Gasteiger partial charge is 0.377 e. The van der Waals surface area contributed by atoms with Crippen molar-refractivity contribution in [3.63, 3.8) is 0 Å². The summed E-state index contributed by atoms with van der Waals surface area (Å²) in [5.41, 5.74) is 1.22. The Balaban J connectivity index is 0.00000208. The van der Waals surface area contributed by atoms with Crippen LogP contribution >= 0.6 is 35.3 Å². The highest BCUT2D eigenvalue weighted by molar-refractivity contribution is 14.0. The average Bonchev–Trinajstić information content (AvgIpc) is 2.95. The van der Waals surface area contributed by atoms with Gasteiger partial charge in [-0.25, -0.2) is 9.98 Å². The number of nitrogens with one attached hydrogen (secondary N) is 2. The fraction of sp³-hybridized carbons (Fsp3) is 0.765. The fourth-order valence-electron chi connectivity index (χ4n) is 3.90. The molecule has 1 aromatic rings. The highest BCUT2D eigenvalue weighted by atomic mass is 127. The summed E-state index contributed by atoms with van der Waals surface area (Å²) in [6.07, 6.45) is 2.80. The number of guanidine groups is 1. The Labute approximate surface area is 166 Å². The Morgan fingerprint density at radius 3 is 2.96 bits per heavy atom. The fourth-order valence-corrected chi connectivity index (χ4v) is 4.60. The number of halogens is 1. The zero-order valence-electron chi connectivity index (χ0n) is 15.0. The lowest BCUT2D eigenvalue weighted by atomic mass is 9.55. The van der Waals surface area contributed by atoms with Gasteiger partial charge in [0.25, 0.3) is 0 Å². The van der Waals surface area contributed by atoms with Crippen molar-refractivity contribution >= 4 is 41.3 Å². The third-order valence-corrected chi connectivity index (χ3v) is 5.96. The zero-order chi connectivity index (χ0) is 16.4. The predicted molar refractivity (Wildman–Crippen MR) is 110 cm³/mol. The summed E-state index contributed by atoms with van der Waals surface area (Å²) in [5, 5.41) is 10.2. The number of aromatic nitrogens is 1. The van der Waals surface area contributed by atoms with Gasteiger partial charge >= 0.3 is 0 Å². The number of fused-ring (bicyclic) bond motifs is 1. The first-order chi connectivity index (χ1) is 11.0. The van der Waals surface area contributed by atoms with Crippen LogP contribution in [0.25, 0.3) is 0 Å². The molecule has 0 radical (unpaired) electrons. The van der Waals surface area contributed by atoms with Crippen molar-refractivity contribution in [1.82, 2.24) is 15.6 Å². The number of hydrogen-bond donors (Lipinski definition) is 2. The standard InChI is InChI=1S/C17H28N4OS.HI/c1-5-18-16(19-9-13-20-11(2)10-23-13)21-14-12-7-6-8-22-15(12)17(14,3)4;/h10,12,14-15H,5-9H2,1-4H3,(H2,18,19,21);1H. The van der Waals surface area contributed by atoms with Crippen molar-refractivity contribution < 1.29 is 4.74 Å². The van der Waals surface area contributed by atoms with Crippen molar-refractivity contribution in [2.24, 2.45) is 16.3 Å². The van der Waals surface area contributed by atoms with E-state index in [1.165, 1.54) is 12.8 Å². The number of aryl methyl sites for hydroxylation is 1. The summed E-state index contributed by atoms with van der Waals surface area (Å²) < 4.78 is 5.99. The van der Waals surface area contributed by atoms with Crippen LogP contribution in [0.15, 0.2) is 10.4 Å². The van der Waals surface area contributed by atoms with Crippen LogP contribution in [0, 0.1) is 18.3 Å². The highest BCUT2D eigenvalue weighted by Gasteiger charge is 2.58. The molecule has 1 saturated carbocycles. The van der Waals surface area contributed by atoms with Gasteiger partial charge < -0.3 is 15.4 Å². The molecule has 2 N–H and O–H groups in total. The lowest BCUT2D eigenvalue weighted by Crippen LogP contribution is -2.71. The number of ether oxygens (including phenoxy) is 1. The van der Waals surface area contributed by atoms with Gasteiger partial charge in [-0.15, -0.1) is 35.3 Å². The molecule has 3 rings (SSSR count). The van der Waals surface area contributed by atoms with Gasteiger partial charge in [-0.05, 0) is 26.7 Å². The maximum absolute atomic E-state index is 5.99. The average molecular weight is 464 g/mol. The van der Waals surface area contributed by atoms with Crippen molar-refractivity contribution in [2.75, 3.05) is 13.2 Å². The van der Waals surface area contributed by atoms with Crippen LogP contribution in [0.4, 0.5) is 0 Å². The Kier molecular flexibility index (Phi) is 6.90. The van der Waals surface area contributed by atoms with Crippen LogP contribution in [0.2, 0.25) is 0 Å². The summed E-state index contributed by atoms with van der Waals surface area (Å²) >= 11 is 1.67. The molecule has 1 aliphatic heterocycles. The normalized spacial score (nSPS) is 28.3. The molecular formula is C17H29IN4OS. The number of rotatable bonds is 4. The van der Waals surface area contributed by atoms with Crippen LogP contribution in [0.1, 0.15) is 44.3 Å². The van der Waals surface area contributed by atoms with Crippen LogP contribution in [0.5, 0.6) is 0 Å². The first kappa shape index (κ1) is 19.9. The third kappa shape index (κ3) is 4.04. The van der Waals surface area contributed by atoms with E-state index >= 15 is 0 Å². The van der Waals surface area contributed by atoms with E-state index in [0.29, 0.717) is 24.6 Å². The lowest BCUT2D eigenvalue weighted by molar-refractivity contribution is -0.188. The van der Waals surface area contributed by atoms with Gasteiger partial charge in [-0.1, -0.05) is 13.8 Å². The van der Waals surface area contributed by atoms with Crippen molar-refractivity contribution in [2.45, 2.75) is 59.2 Å². The Bertz CT molecular complexity index is 575. The van der Waals surface area contributed by atoms with Gasteiger partial charge in [0.2, 0.25) is 0 Å². The molecule has 3 unspecified atom stereocenters. The molecule has 1 aliphatic carbocycles. The quantitative estimate of drug-likeness (QED) is 0.408. The number of thiazole rings is 1. The van der Waals surface area contributed by atoms with E-state index in [9.17, 15) is 0 Å². The first-order valence-corrected chi connectivity index (χ1v) is 9.47. The van der Waals surface area contributed by atoms with Gasteiger partial charge in [0.05, 0.1) is 12.6 Å². The summed E-state index contributed by atoms with van der Waals surface area (Å²) in [7, 11) is 0. The van der Waals surface area contributed by atoms with Crippen molar-refractivity contribution in [3.05, 3.63) is 16.1 Å². The third-order valence-electron chi connectivity index (χ3n) is 5.01. The molecule has 0 aromatic carbocycles. The molecule has 5 nitrogen and oxygen atoms in total. The molecule has 1 aromatic heterocycles. The topological polar surface area (TPSA) is 58.5 Å². The minimum atomic E-state index is 0. The van der Waals surface area contributed by atoms with Gasteiger partial charge in [0.15, 0.2) is 5.96 Å². The summed E-state index contributed by atoms with van der Waals surface area (Å²) in [6, 6.07) is 0.420. The van der Waals surface area contributed by atoms with E-state index < -0.39 is 0 Å². The maximum Gasteiger partial charge on any atom is 0.191 e. The second-order valence-corrected chi connectivity index (χ2v) is 8.06. The number of nitrogens with zero attached hydrogens (tertiary/aromatic N) is 2. The van der Waals surface area contributed by atoms with Crippen molar-refractivity contribution in [1.29, 1.82) is 0 Å². The Morgan fingerprint density at radius 2 is 2.29 bits per heavy atom.